The summed E-state index contributed by atoms with van der Waals surface area (Å²) < 4.78 is 15.2. The van der Waals surface area contributed by atoms with Gasteiger partial charge < -0.3 is 5.32 Å². The van der Waals surface area contributed by atoms with Gasteiger partial charge in [-0.2, -0.15) is 16.2 Å². The van der Waals surface area contributed by atoms with Crippen LogP contribution in [0.2, 0.25) is 0 Å². The van der Waals surface area contributed by atoms with Crippen molar-refractivity contribution in [1.82, 2.24) is 19.9 Å². The zero-order valence-electron chi connectivity index (χ0n) is 8.56. The lowest BCUT2D eigenvalue weighted by atomic mass is 10.3. The molecule has 0 aromatic carbocycles. The summed E-state index contributed by atoms with van der Waals surface area (Å²) >= 11 is 1.85. The maximum absolute atomic E-state index is 13.7. The Morgan fingerprint density at radius 3 is 3.19 bits per heavy atom. The fourth-order valence-electron chi connectivity index (χ4n) is 1.88. The molecule has 1 fully saturated rings. The van der Waals surface area contributed by atoms with Crippen LogP contribution in [0.1, 0.15) is 11.9 Å². The van der Waals surface area contributed by atoms with E-state index in [-0.39, 0.29) is 12.0 Å². The molecule has 0 aliphatic carbocycles. The van der Waals surface area contributed by atoms with Gasteiger partial charge in [0.1, 0.15) is 0 Å². The highest BCUT2D eigenvalue weighted by Gasteiger charge is 2.21. The Morgan fingerprint density at radius 1 is 1.44 bits per heavy atom. The van der Waals surface area contributed by atoms with Gasteiger partial charge in [-0.05, 0) is 12.1 Å². The highest BCUT2D eigenvalue weighted by atomic mass is 32.2. The minimum absolute atomic E-state index is 0.0886. The molecule has 1 atom stereocenters. The molecule has 84 valence electrons. The Kier molecular flexibility index (Phi) is 2.53. The van der Waals surface area contributed by atoms with Crippen molar-refractivity contribution in [2.24, 2.45) is 0 Å². The van der Waals surface area contributed by atoms with E-state index in [1.807, 2.05) is 11.8 Å². The van der Waals surface area contributed by atoms with E-state index in [1.165, 1.54) is 10.5 Å². The molecule has 2 aromatic rings. The zero-order valence-corrected chi connectivity index (χ0v) is 9.38. The number of fused-ring (bicyclic) bond motifs is 1. The summed E-state index contributed by atoms with van der Waals surface area (Å²) in [5.74, 6) is 2.36. The lowest BCUT2D eigenvalue weighted by Gasteiger charge is -2.21. The molecule has 2 aromatic heterocycles. The Balaban J connectivity index is 2.09. The Labute approximate surface area is 96.2 Å². The molecule has 0 radical (unpaired) electrons. The topological polar surface area (TPSA) is 42.2 Å². The third-order valence-electron chi connectivity index (χ3n) is 2.64. The predicted molar refractivity (Wildman–Crippen MR) is 61.0 cm³/mol. The fraction of sp³-hybridized carbons (Fsp3) is 0.400. The van der Waals surface area contributed by atoms with E-state index in [4.69, 9.17) is 0 Å². The van der Waals surface area contributed by atoms with Gasteiger partial charge in [0, 0.05) is 18.1 Å². The standard InChI is InChI=1S/C10H11FN4S/c11-8-2-1-3-9-13-14-10(15(8)9)7-6-16-5-4-12-7/h1-3,7,12H,4-6H2. The molecule has 3 heterocycles. The fourth-order valence-corrected chi connectivity index (χ4v) is 2.81. The van der Waals surface area contributed by atoms with Gasteiger partial charge in [0.25, 0.3) is 0 Å². The van der Waals surface area contributed by atoms with E-state index in [1.54, 1.807) is 12.1 Å². The van der Waals surface area contributed by atoms with Crippen LogP contribution in [0.3, 0.4) is 0 Å². The minimum atomic E-state index is -0.310. The summed E-state index contributed by atoms with van der Waals surface area (Å²) in [5.41, 5.74) is 0.562. The second-order valence-electron chi connectivity index (χ2n) is 3.68. The van der Waals surface area contributed by atoms with Gasteiger partial charge >= 0.3 is 0 Å². The highest BCUT2D eigenvalue weighted by molar-refractivity contribution is 7.99. The average molecular weight is 238 g/mol. The molecule has 0 spiro atoms. The van der Waals surface area contributed by atoms with Crippen molar-refractivity contribution < 1.29 is 4.39 Å². The van der Waals surface area contributed by atoms with Gasteiger partial charge in [0.15, 0.2) is 11.5 Å². The number of thioether (sulfide) groups is 1. The molecule has 16 heavy (non-hydrogen) atoms. The van der Waals surface area contributed by atoms with Crippen molar-refractivity contribution in [3.05, 3.63) is 30.0 Å². The van der Waals surface area contributed by atoms with Crippen molar-refractivity contribution in [3.8, 4) is 0 Å². The Hall–Kier alpha value is -1.14. The molecule has 1 N–H and O–H groups in total. The number of pyridine rings is 1. The van der Waals surface area contributed by atoms with Gasteiger partial charge in [-0.15, -0.1) is 10.2 Å². The van der Waals surface area contributed by atoms with Gasteiger partial charge in [-0.3, -0.25) is 4.40 Å². The van der Waals surface area contributed by atoms with Crippen LogP contribution >= 0.6 is 11.8 Å². The zero-order chi connectivity index (χ0) is 11.0. The third-order valence-corrected chi connectivity index (χ3v) is 3.70. The highest BCUT2D eigenvalue weighted by Crippen LogP contribution is 2.21. The monoisotopic (exact) mass is 238 g/mol. The van der Waals surface area contributed by atoms with Crippen LogP contribution in [-0.2, 0) is 0 Å². The molecule has 1 saturated heterocycles. The maximum atomic E-state index is 13.7. The molecule has 6 heteroatoms. The van der Waals surface area contributed by atoms with E-state index in [2.05, 4.69) is 15.5 Å². The summed E-state index contributed by atoms with van der Waals surface area (Å²) in [5, 5.41) is 11.4. The quantitative estimate of drug-likeness (QED) is 0.759. The van der Waals surface area contributed by atoms with Gasteiger partial charge in [0.2, 0.25) is 5.95 Å². The van der Waals surface area contributed by atoms with E-state index < -0.39 is 0 Å². The van der Waals surface area contributed by atoms with Crippen molar-refractivity contribution in [3.63, 3.8) is 0 Å². The first-order valence-electron chi connectivity index (χ1n) is 5.17. The van der Waals surface area contributed by atoms with E-state index in [0.717, 1.165) is 18.1 Å². The smallest absolute Gasteiger partial charge is 0.200 e. The SMILES string of the molecule is Fc1cccc2nnc(C3CSCCN3)n12. The van der Waals surface area contributed by atoms with E-state index >= 15 is 0 Å². The second-order valence-corrected chi connectivity index (χ2v) is 4.83. The number of nitrogens with zero attached hydrogens (tertiary/aromatic N) is 3. The van der Waals surface area contributed by atoms with Crippen LogP contribution in [0.25, 0.3) is 5.65 Å². The van der Waals surface area contributed by atoms with E-state index in [0.29, 0.717) is 11.5 Å². The Bertz CT molecular complexity index is 506. The first-order valence-corrected chi connectivity index (χ1v) is 6.32. The number of hydrogen-bond donors (Lipinski definition) is 1. The third kappa shape index (κ3) is 1.58. The number of nitrogens with one attached hydrogen (secondary N) is 1. The molecular formula is C10H11FN4S. The summed E-state index contributed by atoms with van der Waals surface area (Å²) in [4.78, 5) is 0. The molecule has 1 aliphatic rings. The van der Waals surface area contributed by atoms with Gasteiger partial charge in [0.05, 0.1) is 6.04 Å². The van der Waals surface area contributed by atoms with Crippen LogP contribution in [-0.4, -0.2) is 32.6 Å². The van der Waals surface area contributed by atoms with Crippen molar-refractivity contribution in [2.45, 2.75) is 6.04 Å². The van der Waals surface area contributed by atoms with Gasteiger partial charge in [-0.25, -0.2) is 0 Å². The summed E-state index contributed by atoms with van der Waals surface area (Å²) in [6, 6.07) is 4.92. The maximum Gasteiger partial charge on any atom is 0.200 e. The van der Waals surface area contributed by atoms with Crippen LogP contribution in [0.5, 0.6) is 0 Å². The first kappa shape index (κ1) is 10.0. The first-order chi connectivity index (χ1) is 7.86. The normalized spacial score (nSPS) is 21.4. The molecule has 4 nitrogen and oxygen atoms in total. The number of halogens is 1. The predicted octanol–water partition coefficient (Wildman–Crippen LogP) is 1.25. The van der Waals surface area contributed by atoms with Crippen LogP contribution in [0.4, 0.5) is 4.39 Å². The second kappa shape index (κ2) is 4.03. The molecule has 1 unspecified atom stereocenters. The lowest BCUT2D eigenvalue weighted by molar-refractivity contribution is 0.515. The Morgan fingerprint density at radius 2 is 2.38 bits per heavy atom. The van der Waals surface area contributed by atoms with Gasteiger partial charge in [-0.1, -0.05) is 6.07 Å². The van der Waals surface area contributed by atoms with Crippen molar-refractivity contribution in [1.29, 1.82) is 0 Å². The van der Waals surface area contributed by atoms with Crippen LogP contribution < -0.4 is 5.32 Å². The van der Waals surface area contributed by atoms with Crippen molar-refractivity contribution >= 4 is 17.4 Å². The summed E-state index contributed by atoms with van der Waals surface area (Å²) in [6.07, 6.45) is 0. The molecule has 0 bridgehead atoms. The number of rotatable bonds is 1. The largest absolute Gasteiger partial charge is 0.306 e. The minimum Gasteiger partial charge on any atom is -0.306 e. The summed E-state index contributed by atoms with van der Waals surface area (Å²) in [6.45, 7) is 0.929. The molecule has 0 amide bonds. The van der Waals surface area contributed by atoms with Crippen molar-refractivity contribution in [2.75, 3.05) is 18.1 Å². The van der Waals surface area contributed by atoms with Crippen LogP contribution in [0, 0.1) is 5.95 Å². The molecular weight excluding hydrogens is 227 g/mol. The lowest BCUT2D eigenvalue weighted by Crippen LogP contribution is -2.31. The number of hydrogen-bond acceptors (Lipinski definition) is 4. The average Bonchev–Trinajstić information content (AvgIpc) is 2.75. The number of aromatic nitrogens is 3. The molecule has 0 saturated carbocycles. The summed E-state index contributed by atoms with van der Waals surface area (Å²) in [7, 11) is 0. The van der Waals surface area contributed by atoms with E-state index in [9.17, 15) is 4.39 Å². The van der Waals surface area contributed by atoms with Crippen LogP contribution in [0.15, 0.2) is 18.2 Å². The molecule has 3 rings (SSSR count). The molecule has 1 aliphatic heterocycles.